The van der Waals surface area contributed by atoms with Gasteiger partial charge in [0.1, 0.15) is 5.82 Å². The number of urea groups is 1. The number of halogens is 2. The van der Waals surface area contributed by atoms with Crippen LogP contribution in [0.5, 0.6) is 0 Å². The van der Waals surface area contributed by atoms with Gasteiger partial charge in [-0.25, -0.2) is 9.78 Å². The number of likely N-dealkylation sites (tertiary alicyclic amines) is 1. The predicted octanol–water partition coefficient (Wildman–Crippen LogP) is 4.17. The van der Waals surface area contributed by atoms with Gasteiger partial charge in [-0.15, -0.1) is 0 Å². The maximum absolute atomic E-state index is 12.0. The number of hydrogen-bond acceptors (Lipinski definition) is 2. The molecule has 1 aliphatic heterocycles. The Balaban J connectivity index is 1.69. The van der Waals surface area contributed by atoms with Crippen LogP contribution in [-0.4, -0.2) is 40.0 Å². The lowest BCUT2D eigenvalue weighted by atomic mass is 9.96. The van der Waals surface area contributed by atoms with Crippen molar-refractivity contribution >= 4 is 40.3 Å². The largest absolute Gasteiger partial charge is 0.342 e. The van der Waals surface area contributed by atoms with Gasteiger partial charge < -0.3 is 15.2 Å². The van der Waals surface area contributed by atoms with Gasteiger partial charge >= 0.3 is 6.03 Å². The van der Waals surface area contributed by atoms with Crippen molar-refractivity contribution < 1.29 is 4.79 Å². The molecule has 124 valence electrons. The van der Waals surface area contributed by atoms with Gasteiger partial charge in [0.05, 0.1) is 21.1 Å². The highest BCUT2D eigenvalue weighted by Crippen LogP contribution is 2.31. The Morgan fingerprint density at radius 2 is 1.96 bits per heavy atom. The van der Waals surface area contributed by atoms with E-state index in [4.69, 9.17) is 23.2 Å². The molecule has 3 rings (SSSR count). The van der Waals surface area contributed by atoms with Crippen LogP contribution in [0.25, 0.3) is 11.0 Å². The predicted molar refractivity (Wildman–Crippen MR) is 93.3 cm³/mol. The third-order valence-corrected chi connectivity index (χ3v) is 4.85. The molecule has 5 nitrogen and oxygen atoms in total. The van der Waals surface area contributed by atoms with Crippen LogP contribution in [-0.2, 0) is 0 Å². The number of aromatic nitrogens is 2. The summed E-state index contributed by atoms with van der Waals surface area (Å²) in [5, 5.41) is 3.97. The van der Waals surface area contributed by atoms with Gasteiger partial charge in [-0.3, -0.25) is 0 Å². The van der Waals surface area contributed by atoms with Crippen molar-refractivity contribution in [2.45, 2.75) is 38.6 Å². The maximum atomic E-state index is 12.0. The zero-order chi connectivity index (χ0) is 16.6. The fourth-order valence-electron chi connectivity index (χ4n) is 2.91. The highest BCUT2D eigenvalue weighted by molar-refractivity contribution is 6.42. The number of aromatic amines is 1. The van der Waals surface area contributed by atoms with Crippen LogP contribution in [0.3, 0.4) is 0 Å². The second-order valence-corrected chi connectivity index (χ2v) is 7.09. The molecule has 0 spiro atoms. The summed E-state index contributed by atoms with van der Waals surface area (Å²) >= 11 is 12.1. The maximum Gasteiger partial charge on any atom is 0.317 e. The molecule has 7 heteroatoms. The van der Waals surface area contributed by atoms with Gasteiger partial charge in [-0.1, -0.05) is 23.2 Å². The first-order chi connectivity index (χ1) is 10.9. The third-order valence-electron chi connectivity index (χ3n) is 4.12. The fourth-order valence-corrected chi connectivity index (χ4v) is 3.23. The van der Waals surface area contributed by atoms with Crippen LogP contribution >= 0.6 is 23.2 Å². The van der Waals surface area contributed by atoms with Gasteiger partial charge in [0, 0.05) is 25.0 Å². The molecule has 0 aliphatic carbocycles. The number of benzene rings is 1. The lowest BCUT2D eigenvalue weighted by molar-refractivity contribution is 0.178. The Morgan fingerprint density at radius 3 is 2.61 bits per heavy atom. The molecule has 1 aromatic heterocycles. The number of H-pyrrole nitrogens is 1. The molecule has 2 N–H and O–H groups in total. The summed E-state index contributed by atoms with van der Waals surface area (Å²) in [6, 6.07) is 3.76. The molecule has 0 unspecified atom stereocenters. The number of carbonyl (C=O) groups is 1. The zero-order valence-electron chi connectivity index (χ0n) is 13.2. The van der Waals surface area contributed by atoms with Gasteiger partial charge in [0.15, 0.2) is 0 Å². The standard InChI is InChI=1S/C16H20Cl2N4O/c1-9(2)19-16(23)22-5-3-10(4-6-22)15-20-13-7-11(17)12(18)8-14(13)21-15/h7-10H,3-6H2,1-2H3,(H,19,23)(H,20,21). The van der Waals surface area contributed by atoms with Crippen molar-refractivity contribution in [3.8, 4) is 0 Å². The van der Waals surface area contributed by atoms with Crippen molar-refractivity contribution in [2.24, 2.45) is 0 Å². The van der Waals surface area contributed by atoms with Crippen LogP contribution in [0, 0.1) is 0 Å². The molecule has 1 saturated heterocycles. The van der Waals surface area contributed by atoms with Gasteiger partial charge in [-0.05, 0) is 38.8 Å². The fraction of sp³-hybridized carbons (Fsp3) is 0.500. The van der Waals surface area contributed by atoms with Gasteiger partial charge in [-0.2, -0.15) is 0 Å². The first-order valence-corrected chi connectivity index (χ1v) is 8.59. The minimum atomic E-state index is 0.0154. The van der Waals surface area contributed by atoms with Gasteiger partial charge in [0.2, 0.25) is 0 Å². The minimum absolute atomic E-state index is 0.0154. The SMILES string of the molecule is CC(C)NC(=O)N1CCC(c2nc3cc(Cl)c(Cl)cc3[nH]2)CC1. The normalized spacial score (nSPS) is 16.3. The number of hydrogen-bond donors (Lipinski definition) is 2. The molecule has 2 amide bonds. The minimum Gasteiger partial charge on any atom is -0.342 e. The van der Waals surface area contributed by atoms with Crippen LogP contribution < -0.4 is 5.32 Å². The highest BCUT2D eigenvalue weighted by atomic mass is 35.5. The number of nitrogens with one attached hydrogen (secondary N) is 2. The van der Waals surface area contributed by atoms with E-state index in [2.05, 4.69) is 15.3 Å². The number of carbonyl (C=O) groups excluding carboxylic acids is 1. The second-order valence-electron chi connectivity index (χ2n) is 6.27. The molecule has 2 aromatic rings. The number of piperidine rings is 1. The average Bonchev–Trinajstić information content (AvgIpc) is 2.90. The summed E-state index contributed by atoms with van der Waals surface area (Å²) in [5.41, 5.74) is 1.73. The number of amides is 2. The molecular weight excluding hydrogens is 335 g/mol. The topological polar surface area (TPSA) is 61.0 Å². The van der Waals surface area contributed by atoms with Crippen molar-refractivity contribution in [1.82, 2.24) is 20.2 Å². The number of rotatable bonds is 2. The lowest BCUT2D eigenvalue weighted by Gasteiger charge is -2.31. The van der Waals surface area contributed by atoms with E-state index in [0.717, 1.165) is 42.8 Å². The molecule has 23 heavy (non-hydrogen) atoms. The molecule has 0 radical (unpaired) electrons. The van der Waals surface area contributed by atoms with E-state index in [-0.39, 0.29) is 12.1 Å². The van der Waals surface area contributed by atoms with E-state index in [0.29, 0.717) is 16.0 Å². The van der Waals surface area contributed by atoms with E-state index in [1.165, 1.54) is 0 Å². The summed E-state index contributed by atoms with van der Waals surface area (Å²) in [6.45, 7) is 5.41. The third kappa shape index (κ3) is 3.56. The Morgan fingerprint density at radius 1 is 1.30 bits per heavy atom. The molecule has 0 bridgehead atoms. The summed E-state index contributed by atoms with van der Waals surface area (Å²) in [5.74, 6) is 1.27. The Bertz CT molecular complexity index is 681. The van der Waals surface area contributed by atoms with Crippen molar-refractivity contribution in [3.63, 3.8) is 0 Å². The number of fused-ring (bicyclic) bond motifs is 1. The highest BCUT2D eigenvalue weighted by Gasteiger charge is 2.26. The Kier molecular flexibility index (Phi) is 4.69. The smallest absolute Gasteiger partial charge is 0.317 e. The van der Waals surface area contributed by atoms with Crippen LogP contribution in [0.2, 0.25) is 10.0 Å². The second kappa shape index (κ2) is 6.57. The molecular formula is C16H20Cl2N4O. The van der Waals surface area contributed by atoms with E-state index in [9.17, 15) is 4.79 Å². The average molecular weight is 355 g/mol. The molecule has 2 heterocycles. The molecule has 0 saturated carbocycles. The van der Waals surface area contributed by atoms with Crippen LogP contribution in [0.15, 0.2) is 12.1 Å². The lowest BCUT2D eigenvalue weighted by Crippen LogP contribution is -2.46. The summed E-state index contributed by atoms with van der Waals surface area (Å²) in [7, 11) is 0. The molecule has 0 atom stereocenters. The summed E-state index contributed by atoms with van der Waals surface area (Å²) < 4.78 is 0. The zero-order valence-corrected chi connectivity index (χ0v) is 14.7. The van der Waals surface area contributed by atoms with E-state index >= 15 is 0 Å². The summed E-state index contributed by atoms with van der Waals surface area (Å²) in [6.07, 6.45) is 1.79. The van der Waals surface area contributed by atoms with E-state index in [1.807, 2.05) is 18.7 Å². The molecule has 1 aromatic carbocycles. The first kappa shape index (κ1) is 16.4. The monoisotopic (exact) mass is 354 g/mol. The van der Waals surface area contributed by atoms with Crippen molar-refractivity contribution in [3.05, 3.63) is 28.0 Å². The summed E-state index contributed by atoms with van der Waals surface area (Å²) in [4.78, 5) is 21.9. The Hall–Kier alpha value is -1.46. The number of nitrogens with zero attached hydrogens (tertiary/aromatic N) is 2. The van der Waals surface area contributed by atoms with Crippen LogP contribution in [0.1, 0.15) is 38.4 Å². The number of imidazole rings is 1. The first-order valence-electron chi connectivity index (χ1n) is 7.84. The molecule has 1 fully saturated rings. The van der Waals surface area contributed by atoms with Gasteiger partial charge in [0.25, 0.3) is 0 Å². The van der Waals surface area contributed by atoms with E-state index in [1.54, 1.807) is 12.1 Å². The quantitative estimate of drug-likeness (QED) is 0.850. The van der Waals surface area contributed by atoms with Crippen molar-refractivity contribution in [1.29, 1.82) is 0 Å². The Labute approximate surface area is 145 Å². The van der Waals surface area contributed by atoms with E-state index < -0.39 is 0 Å². The van der Waals surface area contributed by atoms with Crippen molar-refractivity contribution in [2.75, 3.05) is 13.1 Å². The van der Waals surface area contributed by atoms with Crippen LogP contribution in [0.4, 0.5) is 4.79 Å². The molecule has 1 aliphatic rings.